The number of nitrogens with zero attached hydrogens (tertiary/aromatic N) is 1. The first-order valence-electron chi connectivity index (χ1n) is 6.38. The van der Waals surface area contributed by atoms with E-state index in [-0.39, 0.29) is 16.9 Å². The molecule has 1 saturated heterocycles. The highest BCUT2D eigenvalue weighted by atomic mass is 19.3. The zero-order valence-electron chi connectivity index (χ0n) is 10.8. The van der Waals surface area contributed by atoms with E-state index < -0.39 is 18.5 Å². The number of aromatic amines is 1. The van der Waals surface area contributed by atoms with Crippen molar-refractivity contribution in [2.75, 3.05) is 6.61 Å². The van der Waals surface area contributed by atoms with Crippen molar-refractivity contribution in [3.63, 3.8) is 0 Å². The fourth-order valence-corrected chi connectivity index (χ4v) is 2.20. The van der Waals surface area contributed by atoms with Crippen LogP contribution in [0.4, 0.5) is 8.78 Å². The Kier molecular flexibility index (Phi) is 3.70. The van der Waals surface area contributed by atoms with Crippen LogP contribution in [0.2, 0.25) is 0 Å². The summed E-state index contributed by atoms with van der Waals surface area (Å²) in [6.07, 6.45) is 2.25. The van der Waals surface area contributed by atoms with Gasteiger partial charge in [-0.1, -0.05) is 0 Å². The fourth-order valence-electron chi connectivity index (χ4n) is 2.20. The molecule has 1 atom stereocenters. The number of fused-ring (bicyclic) bond motifs is 1. The van der Waals surface area contributed by atoms with Crippen LogP contribution >= 0.6 is 0 Å². The molecule has 6 nitrogen and oxygen atoms in total. The molecule has 0 bridgehead atoms. The second-order valence-electron chi connectivity index (χ2n) is 4.49. The number of nitrogens with one attached hydrogen (secondary N) is 1. The number of halogens is 2. The van der Waals surface area contributed by atoms with Gasteiger partial charge in [0.05, 0.1) is 23.6 Å². The maximum absolute atomic E-state index is 12.5. The molecule has 0 radical (unpaired) electrons. The molecule has 1 aliphatic rings. The van der Waals surface area contributed by atoms with E-state index in [2.05, 4.69) is 14.9 Å². The van der Waals surface area contributed by atoms with E-state index in [0.717, 1.165) is 6.42 Å². The molecule has 2 heterocycles. The Balaban J connectivity index is 2.09. The molecule has 1 aliphatic heterocycles. The predicted molar refractivity (Wildman–Crippen MR) is 68.6 cm³/mol. The highest BCUT2D eigenvalue weighted by Crippen LogP contribution is 2.36. The molecule has 3 rings (SSSR count). The van der Waals surface area contributed by atoms with Crippen molar-refractivity contribution < 1.29 is 23.0 Å². The average molecular weight is 298 g/mol. The number of H-pyrrole nitrogens is 1. The fraction of sp³-hybridized carbons (Fsp3) is 0.385. The molecular formula is C13H12F2N2O4. The topological polar surface area (TPSA) is 73.4 Å². The molecule has 1 N–H and O–H groups in total. The van der Waals surface area contributed by atoms with Crippen LogP contribution < -0.4 is 15.0 Å². The summed E-state index contributed by atoms with van der Waals surface area (Å²) in [7, 11) is 0. The van der Waals surface area contributed by atoms with Crippen molar-refractivity contribution in [2.45, 2.75) is 25.7 Å². The van der Waals surface area contributed by atoms with E-state index in [1.807, 2.05) is 0 Å². The Labute approximate surface area is 117 Å². The van der Waals surface area contributed by atoms with Crippen molar-refractivity contribution >= 4 is 10.8 Å². The van der Waals surface area contributed by atoms with Gasteiger partial charge in [-0.05, 0) is 18.6 Å². The van der Waals surface area contributed by atoms with Crippen molar-refractivity contribution in [1.82, 2.24) is 10.2 Å². The second-order valence-corrected chi connectivity index (χ2v) is 4.49. The van der Waals surface area contributed by atoms with Crippen molar-refractivity contribution in [1.29, 1.82) is 0 Å². The van der Waals surface area contributed by atoms with Crippen LogP contribution in [0.15, 0.2) is 23.1 Å². The Morgan fingerprint density at radius 1 is 1.38 bits per heavy atom. The number of rotatable bonds is 4. The number of aromatic nitrogens is 2. The van der Waals surface area contributed by atoms with Crippen LogP contribution in [0.5, 0.6) is 11.5 Å². The first-order chi connectivity index (χ1) is 10.1. The molecule has 1 aromatic heterocycles. The van der Waals surface area contributed by atoms with E-state index in [9.17, 15) is 13.6 Å². The molecule has 0 saturated carbocycles. The quantitative estimate of drug-likeness (QED) is 0.935. The average Bonchev–Trinajstić information content (AvgIpc) is 2.94. The third kappa shape index (κ3) is 2.80. The summed E-state index contributed by atoms with van der Waals surface area (Å²) in [6.45, 7) is -2.46. The van der Waals surface area contributed by atoms with Crippen LogP contribution in [0.1, 0.15) is 12.8 Å². The van der Waals surface area contributed by atoms with Crippen LogP contribution in [-0.4, -0.2) is 29.7 Å². The van der Waals surface area contributed by atoms with Gasteiger partial charge in [-0.3, -0.25) is 4.79 Å². The van der Waals surface area contributed by atoms with Crippen LogP contribution in [-0.2, 0) is 4.74 Å². The normalized spacial score (nSPS) is 18.3. The van der Waals surface area contributed by atoms with E-state index in [0.29, 0.717) is 18.4 Å². The predicted octanol–water partition coefficient (Wildman–Crippen LogP) is 2.04. The van der Waals surface area contributed by atoms with Gasteiger partial charge in [-0.25, -0.2) is 5.10 Å². The second kappa shape index (κ2) is 5.65. The zero-order valence-corrected chi connectivity index (χ0v) is 10.8. The molecule has 0 amide bonds. The maximum Gasteiger partial charge on any atom is 0.387 e. The summed E-state index contributed by atoms with van der Waals surface area (Å²) in [5.74, 6) is -0.112. The molecule has 2 aromatic rings. The number of hydrogen-bond donors (Lipinski definition) is 1. The van der Waals surface area contributed by atoms with Gasteiger partial charge in [-0.2, -0.15) is 13.9 Å². The lowest BCUT2D eigenvalue weighted by atomic mass is 10.1. The SMILES string of the molecule is O=c1[nH]ncc2c(OC3CCCO3)c(OC(F)F)ccc12. The first kappa shape index (κ1) is 13.7. The van der Waals surface area contributed by atoms with Gasteiger partial charge >= 0.3 is 6.61 Å². The van der Waals surface area contributed by atoms with Crippen LogP contribution in [0, 0.1) is 0 Å². The molecule has 21 heavy (non-hydrogen) atoms. The van der Waals surface area contributed by atoms with Gasteiger partial charge < -0.3 is 14.2 Å². The highest BCUT2D eigenvalue weighted by Gasteiger charge is 2.22. The number of benzene rings is 1. The van der Waals surface area contributed by atoms with Gasteiger partial charge in [0.25, 0.3) is 5.56 Å². The molecule has 1 unspecified atom stereocenters. The van der Waals surface area contributed by atoms with Gasteiger partial charge in [0.15, 0.2) is 17.8 Å². The highest BCUT2D eigenvalue weighted by molar-refractivity contribution is 5.89. The third-order valence-electron chi connectivity index (χ3n) is 3.12. The molecule has 1 fully saturated rings. The summed E-state index contributed by atoms with van der Waals surface area (Å²) >= 11 is 0. The Morgan fingerprint density at radius 2 is 2.24 bits per heavy atom. The minimum atomic E-state index is -3.00. The van der Waals surface area contributed by atoms with E-state index in [1.165, 1.54) is 18.3 Å². The molecule has 8 heteroatoms. The summed E-state index contributed by atoms with van der Waals surface area (Å²) in [5.41, 5.74) is -0.437. The van der Waals surface area contributed by atoms with Gasteiger partial charge in [-0.15, -0.1) is 0 Å². The summed E-state index contributed by atoms with van der Waals surface area (Å²) in [5, 5.41) is 6.52. The lowest BCUT2D eigenvalue weighted by Gasteiger charge is -2.17. The molecule has 0 aliphatic carbocycles. The van der Waals surface area contributed by atoms with Crippen molar-refractivity contribution in [2.24, 2.45) is 0 Å². The zero-order chi connectivity index (χ0) is 14.8. The standard InChI is InChI=1S/C13H12F2N2O4/c14-13(15)20-9-4-3-7-8(6-16-17-12(7)18)11(9)21-10-2-1-5-19-10/h3-4,6,10,13H,1-2,5H2,(H,17,18). The Morgan fingerprint density at radius 3 is 2.95 bits per heavy atom. The largest absolute Gasteiger partial charge is 0.460 e. The first-order valence-corrected chi connectivity index (χ1v) is 6.38. The lowest BCUT2D eigenvalue weighted by Crippen LogP contribution is -2.17. The summed E-state index contributed by atoms with van der Waals surface area (Å²) in [4.78, 5) is 11.7. The molecule has 112 valence electrons. The number of ether oxygens (including phenoxy) is 3. The Bertz CT molecular complexity index is 698. The minimum absolute atomic E-state index is 0.0401. The van der Waals surface area contributed by atoms with Crippen LogP contribution in [0.25, 0.3) is 10.8 Å². The van der Waals surface area contributed by atoms with Crippen molar-refractivity contribution in [3.05, 3.63) is 28.7 Å². The van der Waals surface area contributed by atoms with E-state index >= 15 is 0 Å². The summed E-state index contributed by atoms with van der Waals surface area (Å²) in [6, 6.07) is 2.66. The van der Waals surface area contributed by atoms with Gasteiger partial charge in [0, 0.05) is 6.42 Å². The number of alkyl halides is 2. The van der Waals surface area contributed by atoms with E-state index in [1.54, 1.807) is 0 Å². The monoisotopic (exact) mass is 298 g/mol. The smallest absolute Gasteiger partial charge is 0.387 e. The van der Waals surface area contributed by atoms with E-state index in [4.69, 9.17) is 9.47 Å². The number of hydrogen-bond acceptors (Lipinski definition) is 5. The molecule has 0 spiro atoms. The third-order valence-corrected chi connectivity index (χ3v) is 3.12. The minimum Gasteiger partial charge on any atom is -0.460 e. The van der Waals surface area contributed by atoms with Crippen LogP contribution in [0.3, 0.4) is 0 Å². The molecule has 1 aromatic carbocycles. The Hall–Kier alpha value is -2.22. The lowest BCUT2D eigenvalue weighted by molar-refractivity contribution is -0.0626. The van der Waals surface area contributed by atoms with Gasteiger partial charge in [0.1, 0.15) is 0 Å². The van der Waals surface area contributed by atoms with Gasteiger partial charge in [0.2, 0.25) is 0 Å². The summed E-state index contributed by atoms with van der Waals surface area (Å²) < 4.78 is 40.4. The maximum atomic E-state index is 12.5. The van der Waals surface area contributed by atoms with Crippen molar-refractivity contribution in [3.8, 4) is 11.5 Å². The molecular weight excluding hydrogens is 286 g/mol.